The van der Waals surface area contributed by atoms with E-state index in [0.29, 0.717) is 0 Å². The van der Waals surface area contributed by atoms with Crippen molar-refractivity contribution < 1.29 is 19.5 Å². The van der Waals surface area contributed by atoms with Gasteiger partial charge < -0.3 is 10.4 Å². The number of carbonyl (C=O) groups excluding carboxylic acids is 3. The lowest BCUT2D eigenvalue weighted by atomic mass is 9.82. The molecule has 7 nitrogen and oxygen atoms in total. The molecule has 0 fully saturated rings. The van der Waals surface area contributed by atoms with Gasteiger partial charge >= 0.3 is 0 Å². The Labute approximate surface area is 137 Å². The van der Waals surface area contributed by atoms with Crippen molar-refractivity contribution in [1.29, 1.82) is 0 Å². The Morgan fingerprint density at radius 2 is 1.62 bits per heavy atom. The van der Waals surface area contributed by atoms with E-state index < -0.39 is 17.7 Å². The first kappa shape index (κ1) is 15.7. The molecule has 24 heavy (non-hydrogen) atoms. The topological polar surface area (TPSA) is 122 Å². The lowest BCUT2D eigenvalue weighted by molar-refractivity contribution is -0.121. The molecule has 0 aromatic heterocycles. The third-order valence-electron chi connectivity index (χ3n) is 3.96. The fourth-order valence-electron chi connectivity index (χ4n) is 2.75. The van der Waals surface area contributed by atoms with Gasteiger partial charge in [-0.25, -0.2) is 5.84 Å². The lowest BCUT2D eigenvalue weighted by Crippen LogP contribution is -2.41. The summed E-state index contributed by atoms with van der Waals surface area (Å²) < 4.78 is 0. The number of rotatable bonds is 3. The van der Waals surface area contributed by atoms with E-state index in [-0.39, 0.29) is 39.5 Å². The second-order valence-electron chi connectivity index (χ2n) is 5.46. The van der Waals surface area contributed by atoms with Crippen LogP contribution in [0.1, 0.15) is 38.8 Å². The number of hydrogen-bond acceptors (Lipinski definition) is 6. The van der Waals surface area contributed by atoms with Gasteiger partial charge in [0.2, 0.25) is 0 Å². The maximum atomic E-state index is 12.8. The van der Waals surface area contributed by atoms with Crippen LogP contribution in [0, 0.1) is 0 Å². The highest BCUT2D eigenvalue weighted by molar-refractivity contribution is 6.31. The summed E-state index contributed by atoms with van der Waals surface area (Å²) >= 11 is 0. The molecule has 1 amide bonds. The van der Waals surface area contributed by atoms with Gasteiger partial charge in [-0.05, 0) is 19.1 Å². The summed E-state index contributed by atoms with van der Waals surface area (Å²) in [6, 6.07) is 8.45. The molecule has 7 heteroatoms. The molecule has 0 bridgehead atoms. The number of nitrogens with two attached hydrogens (primary N) is 1. The molecule has 0 heterocycles. The second-order valence-corrected chi connectivity index (χ2v) is 5.46. The van der Waals surface area contributed by atoms with Gasteiger partial charge in [0.15, 0.2) is 11.6 Å². The zero-order chi connectivity index (χ0) is 17.4. The summed E-state index contributed by atoms with van der Waals surface area (Å²) in [6.07, 6.45) is 0. The zero-order valence-corrected chi connectivity index (χ0v) is 12.8. The molecule has 0 radical (unpaired) electrons. The summed E-state index contributed by atoms with van der Waals surface area (Å²) in [4.78, 5) is 37.1. The molecule has 2 aromatic rings. The van der Waals surface area contributed by atoms with Crippen LogP contribution in [-0.2, 0) is 4.79 Å². The number of phenols is 1. The maximum absolute atomic E-state index is 12.8. The van der Waals surface area contributed by atoms with Crippen LogP contribution in [0.5, 0.6) is 5.75 Å². The number of nitrogens with one attached hydrogen (secondary N) is 2. The van der Waals surface area contributed by atoms with E-state index >= 15 is 0 Å². The Morgan fingerprint density at radius 1 is 1.04 bits per heavy atom. The van der Waals surface area contributed by atoms with Gasteiger partial charge in [-0.2, -0.15) is 0 Å². The van der Waals surface area contributed by atoms with E-state index in [9.17, 15) is 19.5 Å². The summed E-state index contributed by atoms with van der Waals surface area (Å²) in [7, 11) is 0. The molecule has 1 aliphatic carbocycles. The number of ketones is 2. The summed E-state index contributed by atoms with van der Waals surface area (Å²) in [5.41, 5.74) is 2.79. The van der Waals surface area contributed by atoms with Crippen LogP contribution in [0.4, 0.5) is 5.69 Å². The largest absolute Gasteiger partial charge is 0.507 e. The molecule has 5 N–H and O–H groups in total. The average Bonchev–Trinajstić information content (AvgIpc) is 2.60. The van der Waals surface area contributed by atoms with Crippen LogP contribution in [0.3, 0.4) is 0 Å². The van der Waals surface area contributed by atoms with Crippen molar-refractivity contribution in [2.24, 2.45) is 5.84 Å². The summed E-state index contributed by atoms with van der Waals surface area (Å²) in [5.74, 6) is 3.52. The Morgan fingerprint density at radius 3 is 2.21 bits per heavy atom. The number of hydrazine groups is 1. The van der Waals surface area contributed by atoms with Gasteiger partial charge in [-0.3, -0.25) is 19.8 Å². The van der Waals surface area contributed by atoms with Crippen molar-refractivity contribution in [3.8, 4) is 5.75 Å². The van der Waals surface area contributed by atoms with Gasteiger partial charge in [0.1, 0.15) is 11.8 Å². The first-order chi connectivity index (χ1) is 11.5. The normalized spacial score (nSPS) is 13.8. The molecule has 1 aliphatic rings. The van der Waals surface area contributed by atoms with E-state index in [2.05, 4.69) is 5.32 Å². The molecule has 0 saturated heterocycles. The number of benzene rings is 2. The van der Waals surface area contributed by atoms with Crippen LogP contribution in [0.15, 0.2) is 36.4 Å². The molecule has 3 rings (SSSR count). The standard InChI is InChI=1S/C17H15N3O4/c1-8(17(24)20-18)19-11-6-7-12(21)14-13(11)15(22)9-4-2-3-5-10(9)16(14)23/h2-8,19,21H,18H2,1H3,(H,20,24)/t8-/m0/s1. The molecule has 2 aromatic carbocycles. The number of fused-ring (bicyclic) bond motifs is 2. The van der Waals surface area contributed by atoms with Crippen LogP contribution in [0.25, 0.3) is 0 Å². The summed E-state index contributed by atoms with van der Waals surface area (Å²) in [5, 5.41) is 12.9. The average molecular weight is 325 g/mol. The number of aromatic hydroxyl groups is 1. The minimum absolute atomic E-state index is 0.0513. The van der Waals surface area contributed by atoms with Crippen LogP contribution < -0.4 is 16.6 Å². The Bertz CT molecular complexity index is 876. The van der Waals surface area contributed by atoms with Crippen molar-refractivity contribution in [2.75, 3.05) is 5.32 Å². The van der Waals surface area contributed by atoms with Crippen molar-refractivity contribution in [3.63, 3.8) is 0 Å². The van der Waals surface area contributed by atoms with Gasteiger partial charge in [-0.1, -0.05) is 24.3 Å². The van der Waals surface area contributed by atoms with Crippen molar-refractivity contribution in [2.45, 2.75) is 13.0 Å². The van der Waals surface area contributed by atoms with Crippen LogP contribution in [0.2, 0.25) is 0 Å². The van der Waals surface area contributed by atoms with E-state index in [1.165, 1.54) is 12.1 Å². The molecular formula is C17H15N3O4. The maximum Gasteiger partial charge on any atom is 0.256 e. The molecule has 1 atom stereocenters. The third kappa shape index (κ3) is 2.31. The first-order valence-corrected chi connectivity index (χ1v) is 7.27. The molecule has 0 spiro atoms. The Kier molecular flexibility index (Phi) is 3.78. The molecule has 0 unspecified atom stereocenters. The highest BCUT2D eigenvalue weighted by Gasteiger charge is 2.34. The van der Waals surface area contributed by atoms with Gasteiger partial charge in [0.05, 0.1) is 11.1 Å². The predicted molar refractivity (Wildman–Crippen MR) is 86.8 cm³/mol. The lowest BCUT2D eigenvalue weighted by Gasteiger charge is -2.23. The summed E-state index contributed by atoms with van der Waals surface area (Å²) in [6.45, 7) is 1.56. The van der Waals surface area contributed by atoms with Crippen LogP contribution in [-0.4, -0.2) is 28.6 Å². The predicted octanol–water partition coefficient (Wildman–Crippen LogP) is 0.958. The minimum atomic E-state index is -0.733. The SMILES string of the molecule is C[C@H](Nc1ccc(O)c2c1C(=O)c1ccccc1C2=O)C(=O)NN. The van der Waals surface area contributed by atoms with Crippen molar-refractivity contribution >= 4 is 23.2 Å². The first-order valence-electron chi connectivity index (χ1n) is 7.27. The van der Waals surface area contributed by atoms with Gasteiger partial charge in [0.25, 0.3) is 5.91 Å². The fraction of sp³-hybridized carbons (Fsp3) is 0.118. The van der Waals surface area contributed by atoms with Crippen molar-refractivity contribution in [1.82, 2.24) is 5.43 Å². The van der Waals surface area contributed by atoms with Gasteiger partial charge in [-0.15, -0.1) is 0 Å². The molecule has 122 valence electrons. The van der Waals surface area contributed by atoms with E-state index in [4.69, 9.17) is 5.84 Å². The zero-order valence-electron chi connectivity index (χ0n) is 12.8. The smallest absolute Gasteiger partial charge is 0.256 e. The third-order valence-corrected chi connectivity index (χ3v) is 3.96. The quantitative estimate of drug-likeness (QED) is 0.246. The number of amides is 1. The fourth-order valence-corrected chi connectivity index (χ4v) is 2.75. The number of phenolic OH excluding ortho intramolecular Hbond substituents is 1. The number of carbonyl (C=O) groups is 3. The van der Waals surface area contributed by atoms with Crippen LogP contribution >= 0.6 is 0 Å². The second kappa shape index (κ2) is 5.78. The highest BCUT2D eigenvalue weighted by atomic mass is 16.3. The number of hydrogen-bond donors (Lipinski definition) is 4. The van der Waals surface area contributed by atoms with Gasteiger partial charge in [0, 0.05) is 16.8 Å². The van der Waals surface area contributed by atoms with E-state index in [1.807, 2.05) is 5.43 Å². The molecular weight excluding hydrogens is 310 g/mol. The Balaban J connectivity index is 2.15. The highest BCUT2D eigenvalue weighted by Crippen LogP contribution is 2.37. The Hall–Kier alpha value is -3.19. The monoisotopic (exact) mass is 325 g/mol. The molecule has 0 saturated carbocycles. The number of anilines is 1. The van der Waals surface area contributed by atoms with E-state index in [1.54, 1.807) is 31.2 Å². The van der Waals surface area contributed by atoms with Crippen molar-refractivity contribution in [3.05, 3.63) is 58.7 Å². The molecule has 0 aliphatic heterocycles. The minimum Gasteiger partial charge on any atom is -0.507 e. The van der Waals surface area contributed by atoms with E-state index in [0.717, 1.165) is 0 Å².